The number of β-amino-alcohol motifs (C(OH)–C–C–N with tert-alkyl or cyclic N) is 1. The second kappa shape index (κ2) is 6.59. The molecule has 2 aliphatic rings. The maximum absolute atomic E-state index is 12.1. The van der Waals surface area contributed by atoms with Gasteiger partial charge >= 0.3 is 12.0 Å². The van der Waals surface area contributed by atoms with E-state index in [0.717, 1.165) is 19.6 Å². The van der Waals surface area contributed by atoms with Crippen LogP contribution in [-0.2, 0) is 4.79 Å². The molecule has 0 spiro atoms. The van der Waals surface area contributed by atoms with Crippen molar-refractivity contribution in [2.75, 3.05) is 46.8 Å². The highest BCUT2D eigenvalue weighted by Gasteiger charge is 2.39. The number of likely N-dealkylation sites (N-methyl/N-ethyl adjacent to an activating group) is 2. The second-order valence-electron chi connectivity index (χ2n) is 5.98. The van der Waals surface area contributed by atoms with Crippen molar-refractivity contribution in [3.63, 3.8) is 0 Å². The van der Waals surface area contributed by atoms with Gasteiger partial charge in [0.2, 0.25) is 0 Å². The molecular formula is C13H24N4O4. The van der Waals surface area contributed by atoms with Gasteiger partial charge < -0.3 is 25.3 Å². The van der Waals surface area contributed by atoms with E-state index >= 15 is 0 Å². The summed E-state index contributed by atoms with van der Waals surface area (Å²) >= 11 is 0. The predicted octanol–water partition coefficient (Wildman–Crippen LogP) is -1.54. The molecule has 2 saturated heterocycles. The number of urea groups is 1. The number of hydrogen-bond acceptors (Lipinski definition) is 5. The van der Waals surface area contributed by atoms with E-state index in [1.165, 1.54) is 4.90 Å². The second-order valence-corrected chi connectivity index (χ2v) is 5.98. The summed E-state index contributed by atoms with van der Waals surface area (Å²) in [5.41, 5.74) is 0. The molecular weight excluding hydrogens is 276 g/mol. The number of carboxylic acids is 1. The summed E-state index contributed by atoms with van der Waals surface area (Å²) in [6, 6.07) is -1.14. The van der Waals surface area contributed by atoms with Crippen LogP contribution in [-0.4, -0.2) is 102 Å². The Kier molecular flexibility index (Phi) is 5.02. The van der Waals surface area contributed by atoms with Gasteiger partial charge in [0, 0.05) is 45.2 Å². The normalized spacial score (nSPS) is 31.4. The zero-order chi connectivity index (χ0) is 15.6. The van der Waals surface area contributed by atoms with Gasteiger partial charge in [-0.15, -0.1) is 0 Å². The third-order valence-electron chi connectivity index (χ3n) is 4.29. The lowest BCUT2D eigenvalue weighted by atomic mass is 10.2. The van der Waals surface area contributed by atoms with Gasteiger partial charge in [-0.05, 0) is 14.1 Å². The van der Waals surface area contributed by atoms with Crippen molar-refractivity contribution in [2.24, 2.45) is 0 Å². The molecule has 0 bridgehead atoms. The molecule has 2 fully saturated rings. The number of rotatable bonds is 3. The lowest BCUT2D eigenvalue weighted by Crippen LogP contribution is -2.56. The van der Waals surface area contributed by atoms with Crippen LogP contribution in [0.5, 0.6) is 0 Å². The first-order valence-electron chi connectivity index (χ1n) is 7.22. The van der Waals surface area contributed by atoms with Crippen molar-refractivity contribution in [3.8, 4) is 0 Å². The van der Waals surface area contributed by atoms with E-state index < -0.39 is 24.1 Å². The molecule has 0 aromatic rings. The Morgan fingerprint density at radius 1 is 1.24 bits per heavy atom. The van der Waals surface area contributed by atoms with Crippen molar-refractivity contribution in [2.45, 2.75) is 24.6 Å². The first-order chi connectivity index (χ1) is 9.88. The zero-order valence-electron chi connectivity index (χ0n) is 12.5. The van der Waals surface area contributed by atoms with Crippen LogP contribution >= 0.6 is 0 Å². The first-order valence-corrected chi connectivity index (χ1v) is 7.22. The lowest BCUT2D eigenvalue weighted by molar-refractivity contribution is -0.141. The molecule has 2 rings (SSSR count). The number of piperazine rings is 1. The molecule has 120 valence electrons. The summed E-state index contributed by atoms with van der Waals surface area (Å²) < 4.78 is 0. The number of nitrogens with zero attached hydrogens (tertiary/aromatic N) is 3. The minimum absolute atomic E-state index is 0.0726. The number of likely N-dealkylation sites (tertiary alicyclic amines) is 1. The number of aliphatic hydroxyl groups is 1. The molecule has 2 amide bonds. The number of carbonyl (C=O) groups is 2. The molecule has 21 heavy (non-hydrogen) atoms. The van der Waals surface area contributed by atoms with Crippen molar-refractivity contribution in [3.05, 3.63) is 0 Å². The molecule has 3 atom stereocenters. The molecule has 2 aliphatic heterocycles. The Morgan fingerprint density at radius 2 is 1.95 bits per heavy atom. The zero-order valence-corrected chi connectivity index (χ0v) is 12.5. The highest BCUT2D eigenvalue weighted by atomic mass is 16.4. The Morgan fingerprint density at radius 3 is 2.62 bits per heavy atom. The summed E-state index contributed by atoms with van der Waals surface area (Å²) in [5, 5.41) is 21.5. The van der Waals surface area contributed by atoms with E-state index in [0.29, 0.717) is 6.54 Å². The van der Waals surface area contributed by atoms with Crippen LogP contribution in [0.1, 0.15) is 6.42 Å². The molecule has 0 aromatic carbocycles. The third-order valence-corrected chi connectivity index (χ3v) is 4.29. The number of aliphatic carboxylic acids is 1. The highest BCUT2D eigenvalue weighted by molar-refractivity contribution is 5.83. The quantitative estimate of drug-likeness (QED) is 0.585. The van der Waals surface area contributed by atoms with E-state index in [2.05, 4.69) is 15.1 Å². The van der Waals surface area contributed by atoms with Crippen LogP contribution < -0.4 is 5.32 Å². The summed E-state index contributed by atoms with van der Waals surface area (Å²) in [4.78, 5) is 28.9. The van der Waals surface area contributed by atoms with Crippen LogP contribution in [0.15, 0.2) is 0 Å². The average molecular weight is 300 g/mol. The van der Waals surface area contributed by atoms with Gasteiger partial charge in [-0.25, -0.2) is 9.59 Å². The Labute approximate surface area is 124 Å². The maximum atomic E-state index is 12.1. The summed E-state index contributed by atoms with van der Waals surface area (Å²) in [5.74, 6) is -1.07. The number of amides is 2. The third kappa shape index (κ3) is 3.84. The van der Waals surface area contributed by atoms with Gasteiger partial charge in [0.05, 0.1) is 6.10 Å². The fourth-order valence-corrected chi connectivity index (χ4v) is 2.90. The topological polar surface area (TPSA) is 96.4 Å². The van der Waals surface area contributed by atoms with Crippen molar-refractivity contribution < 1.29 is 19.8 Å². The molecule has 0 radical (unpaired) electrons. The number of carboxylic acid groups (broad SMARTS) is 1. The monoisotopic (exact) mass is 300 g/mol. The van der Waals surface area contributed by atoms with E-state index in [9.17, 15) is 14.7 Å². The van der Waals surface area contributed by atoms with Crippen LogP contribution in [0.3, 0.4) is 0 Å². The smallest absolute Gasteiger partial charge is 0.326 e. The van der Waals surface area contributed by atoms with Gasteiger partial charge in [0.15, 0.2) is 0 Å². The SMILES string of the molecule is CN1CCN(C)C(CNC(=O)N2C[C@H](O)C[C@H]2C(=O)O)C1. The predicted molar refractivity (Wildman–Crippen MR) is 76.1 cm³/mol. The molecule has 3 N–H and O–H groups in total. The van der Waals surface area contributed by atoms with Crippen molar-refractivity contribution in [1.82, 2.24) is 20.0 Å². The van der Waals surface area contributed by atoms with E-state index in [-0.39, 0.29) is 19.0 Å². The number of nitrogens with one attached hydrogen (secondary N) is 1. The fourth-order valence-electron chi connectivity index (χ4n) is 2.90. The summed E-state index contributed by atoms with van der Waals surface area (Å²) in [6.07, 6.45) is -0.671. The minimum Gasteiger partial charge on any atom is -0.480 e. The van der Waals surface area contributed by atoms with Gasteiger partial charge in [0.1, 0.15) is 6.04 Å². The van der Waals surface area contributed by atoms with Gasteiger partial charge in [-0.2, -0.15) is 0 Å². The molecule has 0 saturated carbocycles. The van der Waals surface area contributed by atoms with E-state index in [4.69, 9.17) is 5.11 Å². The summed E-state index contributed by atoms with van der Waals surface area (Å²) in [6.45, 7) is 3.35. The van der Waals surface area contributed by atoms with E-state index in [1.807, 2.05) is 14.1 Å². The first kappa shape index (κ1) is 16.0. The Balaban J connectivity index is 1.87. The largest absolute Gasteiger partial charge is 0.480 e. The van der Waals surface area contributed by atoms with E-state index in [1.54, 1.807) is 0 Å². The molecule has 1 unspecified atom stereocenters. The molecule has 0 aliphatic carbocycles. The van der Waals surface area contributed by atoms with Crippen LogP contribution in [0, 0.1) is 0 Å². The van der Waals surface area contributed by atoms with Crippen LogP contribution in [0.4, 0.5) is 4.79 Å². The van der Waals surface area contributed by atoms with Crippen LogP contribution in [0.2, 0.25) is 0 Å². The van der Waals surface area contributed by atoms with Crippen molar-refractivity contribution >= 4 is 12.0 Å². The minimum atomic E-state index is -1.07. The van der Waals surface area contributed by atoms with Crippen molar-refractivity contribution in [1.29, 1.82) is 0 Å². The number of aliphatic hydroxyl groups excluding tert-OH is 1. The lowest BCUT2D eigenvalue weighted by Gasteiger charge is -2.38. The number of carbonyl (C=O) groups excluding carboxylic acids is 1. The fraction of sp³-hybridized carbons (Fsp3) is 0.846. The van der Waals surface area contributed by atoms with Gasteiger partial charge in [-0.3, -0.25) is 4.90 Å². The Bertz CT molecular complexity index is 406. The van der Waals surface area contributed by atoms with Crippen LogP contribution in [0.25, 0.3) is 0 Å². The molecule has 8 nitrogen and oxygen atoms in total. The molecule has 2 heterocycles. The molecule has 8 heteroatoms. The average Bonchev–Trinajstić information content (AvgIpc) is 2.82. The summed E-state index contributed by atoms with van der Waals surface area (Å²) in [7, 11) is 4.06. The number of hydrogen-bond donors (Lipinski definition) is 3. The standard InChI is InChI=1S/C13H24N4O4/c1-15-3-4-16(2)9(7-15)6-14-13(21)17-8-10(18)5-11(17)12(19)20/h9-11,18H,3-8H2,1-2H3,(H,14,21)(H,19,20)/t9?,10-,11+/m1/s1. The Hall–Kier alpha value is -1.38. The highest BCUT2D eigenvalue weighted by Crippen LogP contribution is 2.18. The maximum Gasteiger partial charge on any atom is 0.326 e. The van der Waals surface area contributed by atoms with Gasteiger partial charge in [-0.1, -0.05) is 0 Å². The van der Waals surface area contributed by atoms with Gasteiger partial charge in [0.25, 0.3) is 0 Å². The molecule has 0 aromatic heterocycles.